The number of carbonyl (C=O) groups is 1. The van der Waals surface area contributed by atoms with Gasteiger partial charge in [-0.3, -0.25) is 9.78 Å². The summed E-state index contributed by atoms with van der Waals surface area (Å²) >= 11 is 0. The summed E-state index contributed by atoms with van der Waals surface area (Å²) in [4.78, 5) is 16.3. The van der Waals surface area contributed by atoms with Crippen LogP contribution in [0.3, 0.4) is 0 Å². The summed E-state index contributed by atoms with van der Waals surface area (Å²) in [5, 5.41) is 3.08. The lowest BCUT2D eigenvalue weighted by Gasteiger charge is -2.29. The van der Waals surface area contributed by atoms with E-state index in [4.69, 9.17) is 0 Å². The molecule has 1 N–H and O–H groups in total. The molecule has 2 heterocycles. The largest absolute Gasteiger partial charge is 0.348 e. The normalized spacial score (nSPS) is 26.2. The zero-order chi connectivity index (χ0) is 13.3. The van der Waals surface area contributed by atoms with E-state index in [1.807, 2.05) is 36.4 Å². The third-order valence-electron chi connectivity index (χ3n) is 3.85. The fourth-order valence-electron chi connectivity index (χ4n) is 2.84. The Morgan fingerprint density at radius 1 is 1.16 bits per heavy atom. The fraction of sp³-hybridized carbons (Fsp3) is 0.250. The molecule has 19 heavy (non-hydrogen) atoms. The molecule has 3 nitrogen and oxygen atoms in total. The smallest absolute Gasteiger partial charge is 0.221 e. The number of nitrogens with one attached hydrogen (secondary N) is 1. The highest BCUT2D eigenvalue weighted by atomic mass is 16.2. The Kier molecular flexibility index (Phi) is 2.82. The summed E-state index contributed by atoms with van der Waals surface area (Å²) in [5.41, 5.74) is 1.79. The number of hydrogen-bond donors (Lipinski definition) is 1. The predicted molar refractivity (Wildman–Crippen MR) is 73.5 cm³/mol. The zero-order valence-corrected chi connectivity index (χ0v) is 10.8. The number of pyridine rings is 1. The van der Waals surface area contributed by atoms with Crippen LogP contribution in [0.2, 0.25) is 0 Å². The van der Waals surface area contributed by atoms with Crippen LogP contribution in [0.1, 0.15) is 30.6 Å². The summed E-state index contributed by atoms with van der Waals surface area (Å²) in [7, 11) is 0. The van der Waals surface area contributed by atoms with Crippen LogP contribution in [-0.4, -0.2) is 10.9 Å². The van der Waals surface area contributed by atoms with E-state index in [2.05, 4.69) is 29.4 Å². The minimum atomic E-state index is -0.292. The fourth-order valence-corrected chi connectivity index (χ4v) is 2.84. The predicted octanol–water partition coefficient (Wildman–Crippen LogP) is 2.60. The van der Waals surface area contributed by atoms with Crippen molar-refractivity contribution in [1.82, 2.24) is 10.3 Å². The molecule has 3 rings (SSSR count). The molecule has 1 aromatic carbocycles. The van der Waals surface area contributed by atoms with Gasteiger partial charge in [0.1, 0.15) is 0 Å². The van der Waals surface area contributed by atoms with E-state index in [1.165, 1.54) is 0 Å². The summed E-state index contributed by atoms with van der Waals surface area (Å²) in [6.07, 6.45) is 2.26. The number of rotatable bonds is 2. The number of nitrogens with zero attached hydrogens (tertiary/aromatic N) is 1. The highest BCUT2D eigenvalue weighted by molar-refractivity contribution is 5.81. The molecule has 96 valence electrons. The third-order valence-corrected chi connectivity index (χ3v) is 3.85. The second-order valence-corrected chi connectivity index (χ2v) is 5.22. The number of aromatic nitrogens is 1. The van der Waals surface area contributed by atoms with Crippen molar-refractivity contribution in [3.8, 4) is 0 Å². The van der Waals surface area contributed by atoms with Crippen LogP contribution in [-0.2, 0) is 10.2 Å². The number of benzene rings is 1. The van der Waals surface area contributed by atoms with Crippen molar-refractivity contribution in [1.29, 1.82) is 0 Å². The molecule has 1 amide bonds. The summed E-state index contributed by atoms with van der Waals surface area (Å²) in [6, 6.07) is 15.9. The lowest BCUT2D eigenvalue weighted by atomic mass is 9.76. The molecule has 2 aromatic rings. The first kappa shape index (κ1) is 11.9. The van der Waals surface area contributed by atoms with Crippen molar-refractivity contribution in [3.05, 3.63) is 66.0 Å². The average molecular weight is 252 g/mol. The Labute approximate surface area is 112 Å². The molecule has 0 bridgehead atoms. The van der Waals surface area contributed by atoms with Crippen molar-refractivity contribution < 1.29 is 4.79 Å². The Morgan fingerprint density at radius 2 is 1.89 bits per heavy atom. The van der Waals surface area contributed by atoms with Gasteiger partial charge in [0.05, 0.1) is 6.04 Å². The van der Waals surface area contributed by atoms with Crippen molar-refractivity contribution >= 4 is 5.91 Å². The van der Waals surface area contributed by atoms with Gasteiger partial charge in [0.15, 0.2) is 0 Å². The molecule has 0 spiro atoms. The van der Waals surface area contributed by atoms with Crippen molar-refractivity contribution in [2.45, 2.75) is 24.8 Å². The van der Waals surface area contributed by atoms with Gasteiger partial charge in [-0.2, -0.15) is 0 Å². The van der Waals surface area contributed by atoms with Crippen molar-refractivity contribution in [3.63, 3.8) is 0 Å². The van der Waals surface area contributed by atoms with Gasteiger partial charge in [0, 0.05) is 23.7 Å². The molecule has 2 atom stereocenters. The van der Waals surface area contributed by atoms with E-state index in [0.29, 0.717) is 6.42 Å². The molecule has 0 radical (unpaired) electrons. The lowest BCUT2D eigenvalue weighted by molar-refractivity contribution is -0.119. The molecule has 1 aliphatic heterocycles. The van der Waals surface area contributed by atoms with Gasteiger partial charge in [-0.25, -0.2) is 0 Å². The Balaban J connectivity index is 2.06. The van der Waals surface area contributed by atoms with E-state index >= 15 is 0 Å². The highest BCUT2D eigenvalue weighted by Crippen LogP contribution is 2.43. The Bertz CT molecular complexity index is 582. The molecular weight excluding hydrogens is 236 g/mol. The molecular formula is C16H16N2O. The number of hydrogen-bond acceptors (Lipinski definition) is 2. The minimum Gasteiger partial charge on any atom is -0.348 e. The Morgan fingerprint density at radius 3 is 2.58 bits per heavy atom. The van der Waals surface area contributed by atoms with E-state index in [1.54, 1.807) is 6.20 Å². The van der Waals surface area contributed by atoms with Crippen LogP contribution in [0, 0.1) is 0 Å². The minimum absolute atomic E-state index is 0.0175. The molecule has 0 aliphatic carbocycles. The zero-order valence-electron chi connectivity index (χ0n) is 10.8. The van der Waals surface area contributed by atoms with E-state index in [0.717, 1.165) is 11.3 Å². The first-order valence-corrected chi connectivity index (χ1v) is 6.46. The summed E-state index contributed by atoms with van der Waals surface area (Å²) in [6.45, 7) is 2.10. The van der Waals surface area contributed by atoms with Gasteiger partial charge in [0.2, 0.25) is 5.91 Å². The van der Waals surface area contributed by atoms with Gasteiger partial charge in [-0.15, -0.1) is 0 Å². The van der Waals surface area contributed by atoms with Gasteiger partial charge >= 0.3 is 0 Å². The van der Waals surface area contributed by atoms with E-state index in [9.17, 15) is 4.79 Å². The molecule has 1 aliphatic rings. The molecule has 0 saturated carbocycles. The number of carbonyl (C=O) groups excluding carboxylic acids is 1. The highest BCUT2D eigenvalue weighted by Gasteiger charge is 2.46. The first-order valence-electron chi connectivity index (χ1n) is 6.46. The second kappa shape index (κ2) is 4.50. The first-order chi connectivity index (χ1) is 9.20. The van der Waals surface area contributed by atoms with Crippen LogP contribution in [0.25, 0.3) is 0 Å². The van der Waals surface area contributed by atoms with Gasteiger partial charge < -0.3 is 5.32 Å². The maximum Gasteiger partial charge on any atom is 0.221 e. The lowest BCUT2D eigenvalue weighted by Crippen LogP contribution is -2.31. The van der Waals surface area contributed by atoms with Crippen LogP contribution in [0.15, 0.2) is 54.7 Å². The molecule has 2 unspecified atom stereocenters. The molecule has 3 heteroatoms. The second-order valence-electron chi connectivity index (χ2n) is 5.22. The van der Waals surface area contributed by atoms with E-state index in [-0.39, 0.29) is 17.4 Å². The monoisotopic (exact) mass is 252 g/mol. The SMILES string of the molecule is CC1(c2ccccn2)CC(=O)NC1c1ccccc1. The summed E-state index contributed by atoms with van der Waals surface area (Å²) < 4.78 is 0. The average Bonchev–Trinajstić information content (AvgIpc) is 2.77. The third kappa shape index (κ3) is 2.01. The van der Waals surface area contributed by atoms with Gasteiger partial charge in [-0.05, 0) is 17.7 Å². The van der Waals surface area contributed by atoms with E-state index < -0.39 is 0 Å². The topological polar surface area (TPSA) is 42.0 Å². The van der Waals surface area contributed by atoms with Crippen LogP contribution >= 0.6 is 0 Å². The van der Waals surface area contributed by atoms with Gasteiger partial charge in [0.25, 0.3) is 0 Å². The number of amides is 1. The maximum absolute atomic E-state index is 11.9. The quantitative estimate of drug-likeness (QED) is 0.892. The molecule has 1 fully saturated rings. The Hall–Kier alpha value is -2.16. The van der Waals surface area contributed by atoms with Crippen LogP contribution in [0.5, 0.6) is 0 Å². The molecule has 1 aromatic heterocycles. The van der Waals surface area contributed by atoms with Crippen molar-refractivity contribution in [2.24, 2.45) is 0 Å². The van der Waals surface area contributed by atoms with Crippen LogP contribution in [0.4, 0.5) is 0 Å². The molecule has 1 saturated heterocycles. The maximum atomic E-state index is 11.9. The van der Waals surface area contributed by atoms with Crippen LogP contribution < -0.4 is 5.32 Å². The van der Waals surface area contributed by atoms with Crippen molar-refractivity contribution in [2.75, 3.05) is 0 Å². The summed E-state index contributed by atoms with van der Waals surface area (Å²) in [5.74, 6) is 0.0852. The standard InChI is InChI=1S/C16H16N2O/c1-16(13-9-5-6-10-17-13)11-14(19)18-15(16)12-7-3-2-4-8-12/h2-10,15H,11H2,1H3,(H,18,19). The van der Waals surface area contributed by atoms with Gasteiger partial charge in [-0.1, -0.05) is 43.3 Å².